The second kappa shape index (κ2) is 9.60. The molecular weight excluding hydrogens is 382 g/mol. The first-order valence-electron chi connectivity index (χ1n) is 9.59. The van der Waals surface area contributed by atoms with E-state index in [0.29, 0.717) is 29.3 Å². The number of imidazole rings is 1. The molecule has 8 heteroatoms. The van der Waals surface area contributed by atoms with Gasteiger partial charge in [-0.25, -0.2) is 9.78 Å². The fourth-order valence-electron chi connectivity index (χ4n) is 2.70. The number of aromatic nitrogens is 2. The summed E-state index contributed by atoms with van der Waals surface area (Å²) in [6.45, 7) is 4.08. The molecule has 0 saturated carbocycles. The predicted octanol–water partition coefficient (Wildman–Crippen LogP) is 3.78. The van der Waals surface area contributed by atoms with Crippen LogP contribution >= 0.6 is 0 Å². The summed E-state index contributed by atoms with van der Waals surface area (Å²) in [5.74, 6) is 1.16. The van der Waals surface area contributed by atoms with Crippen molar-refractivity contribution in [2.75, 3.05) is 10.6 Å². The van der Waals surface area contributed by atoms with E-state index in [1.165, 1.54) is 0 Å². The van der Waals surface area contributed by atoms with Crippen LogP contribution in [0.4, 0.5) is 16.2 Å². The molecule has 0 fully saturated rings. The molecule has 0 spiro atoms. The number of nitrogens with one attached hydrogen (secondary N) is 3. The van der Waals surface area contributed by atoms with Crippen LogP contribution in [0.25, 0.3) is 0 Å². The second-order valence-corrected chi connectivity index (χ2v) is 7.02. The molecule has 8 nitrogen and oxygen atoms in total. The third-order valence-corrected chi connectivity index (χ3v) is 4.25. The Morgan fingerprint density at radius 1 is 1.03 bits per heavy atom. The van der Waals surface area contributed by atoms with E-state index in [4.69, 9.17) is 4.74 Å². The summed E-state index contributed by atoms with van der Waals surface area (Å²) in [6, 6.07) is 13.5. The van der Waals surface area contributed by atoms with Gasteiger partial charge in [0.05, 0.1) is 11.4 Å². The highest BCUT2D eigenvalue weighted by atomic mass is 16.5. The molecule has 0 aliphatic heterocycles. The van der Waals surface area contributed by atoms with Crippen molar-refractivity contribution in [3.8, 4) is 5.75 Å². The first kappa shape index (κ1) is 20.9. The minimum atomic E-state index is -0.332. The van der Waals surface area contributed by atoms with Gasteiger partial charge < -0.3 is 25.3 Å². The van der Waals surface area contributed by atoms with Crippen LogP contribution < -0.4 is 20.7 Å². The van der Waals surface area contributed by atoms with Crippen molar-refractivity contribution in [3.05, 3.63) is 72.3 Å². The topological polar surface area (TPSA) is 97.3 Å². The Morgan fingerprint density at radius 2 is 1.70 bits per heavy atom. The van der Waals surface area contributed by atoms with E-state index in [9.17, 15) is 9.59 Å². The summed E-state index contributed by atoms with van der Waals surface area (Å²) in [7, 11) is 1.90. The van der Waals surface area contributed by atoms with Gasteiger partial charge >= 0.3 is 6.03 Å². The molecule has 3 amide bonds. The van der Waals surface area contributed by atoms with Crippen LogP contribution in [0.2, 0.25) is 0 Å². The van der Waals surface area contributed by atoms with Crippen LogP contribution in [0, 0.1) is 0 Å². The van der Waals surface area contributed by atoms with Gasteiger partial charge in [0.25, 0.3) is 5.91 Å². The fourth-order valence-corrected chi connectivity index (χ4v) is 2.70. The summed E-state index contributed by atoms with van der Waals surface area (Å²) in [4.78, 5) is 28.8. The van der Waals surface area contributed by atoms with Crippen molar-refractivity contribution >= 4 is 23.3 Å². The average molecular weight is 407 g/mol. The van der Waals surface area contributed by atoms with Gasteiger partial charge in [0.1, 0.15) is 18.2 Å². The third-order valence-electron chi connectivity index (χ3n) is 4.25. The Balaban J connectivity index is 1.62. The molecule has 0 bridgehead atoms. The summed E-state index contributed by atoms with van der Waals surface area (Å²) in [6.07, 6.45) is 3.57. The van der Waals surface area contributed by atoms with E-state index in [-0.39, 0.29) is 18.0 Å². The number of ether oxygens (including phenoxy) is 1. The highest BCUT2D eigenvalue weighted by Gasteiger charge is 2.12. The standard InChI is InChI=1S/C22H25N5O3/c1-15(2)24-22(29)26-19-7-5-4-6-18(19)25-21(28)16-8-10-17(11-9-16)30-14-20-23-12-13-27(20)3/h4-13,15H,14H2,1-3H3,(H,25,28)(H2,24,26,29). The molecule has 1 heterocycles. The zero-order valence-corrected chi connectivity index (χ0v) is 17.2. The maximum Gasteiger partial charge on any atom is 0.319 e. The van der Waals surface area contributed by atoms with Gasteiger partial charge in [0.15, 0.2) is 0 Å². The number of carbonyl (C=O) groups excluding carboxylic acids is 2. The molecule has 156 valence electrons. The molecule has 0 atom stereocenters. The number of para-hydroxylation sites is 2. The largest absolute Gasteiger partial charge is 0.486 e. The van der Waals surface area contributed by atoms with Crippen molar-refractivity contribution in [1.82, 2.24) is 14.9 Å². The molecule has 1 aromatic heterocycles. The van der Waals surface area contributed by atoms with E-state index >= 15 is 0 Å². The molecule has 0 aliphatic rings. The number of nitrogens with zero attached hydrogens (tertiary/aromatic N) is 2. The second-order valence-electron chi connectivity index (χ2n) is 7.02. The number of amides is 3. The maximum atomic E-state index is 12.6. The highest BCUT2D eigenvalue weighted by Crippen LogP contribution is 2.22. The van der Waals surface area contributed by atoms with Gasteiger partial charge in [-0.15, -0.1) is 0 Å². The minimum Gasteiger partial charge on any atom is -0.486 e. The van der Waals surface area contributed by atoms with E-state index < -0.39 is 0 Å². The molecular formula is C22H25N5O3. The molecule has 0 aliphatic carbocycles. The van der Waals surface area contributed by atoms with Gasteiger partial charge in [-0.1, -0.05) is 12.1 Å². The lowest BCUT2D eigenvalue weighted by molar-refractivity contribution is 0.102. The third kappa shape index (κ3) is 5.60. The van der Waals surface area contributed by atoms with Crippen molar-refractivity contribution < 1.29 is 14.3 Å². The predicted molar refractivity (Wildman–Crippen MR) is 116 cm³/mol. The van der Waals surface area contributed by atoms with E-state index in [1.807, 2.05) is 31.7 Å². The lowest BCUT2D eigenvalue weighted by Crippen LogP contribution is -2.34. The number of aryl methyl sites for hydroxylation is 1. The van der Waals surface area contributed by atoms with E-state index in [1.54, 1.807) is 54.7 Å². The number of urea groups is 1. The summed E-state index contributed by atoms with van der Waals surface area (Å²) in [5.41, 5.74) is 1.50. The van der Waals surface area contributed by atoms with Gasteiger partial charge in [-0.3, -0.25) is 4.79 Å². The van der Waals surface area contributed by atoms with Gasteiger partial charge in [-0.2, -0.15) is 0 Å². The van der Waals surface area contributed by atoms with Crippen LogP contribution in [0.5, 0.6) is 5.75 Å². The van der Waals surface area contributed by atoms with Crippen molar-refractivity contribution in [3.63, 3.8) is 0 Å². The minimum absolute atomic E-state index is 0.00453. The monoisotopic (exact) mass is 407 g/mol. The molecule has 0 radical (unpaired) electrons. The maximum absolute atomic E-state index is 12.6. The number of benzene rings is 2. The van der Waals surface area contributed by atoms with Crippen molar-refractivity contribution in [1.29, 1.82) is 0 Å². The van der Waals surface area contributed by atoms with Crippen LogP contribution in [0.1, 0.15) is 30.0 Å². The Labute approximate surface area is 175 Å². The number of anilines is 2. The first-order chi connectivity index (χ1) is 14.4. The Kier molecular flexibility index (Phi) is 6.69. The molecule has 3 N–H and O–H groups in total. The Morgan fingerprint density at radius 3 is 2.30 bits per heavy atom. The smallest absolute Gasteiger partial charge is 0.319 e. The zero-order valence-electron chi connectivity index (χ0n) is 17.2. The molecule has 0 unspecified atom stereocenters. The van der Waals surface area contributed by atoms with Crippen LogP contribution in [0.3, 0.4) is 0 Å². The first-order valence-corrected chi connectivity index (χ1v) is 9.59. The summed E-state index contributed by atoms with van der Waals surface area (Å²) < 4.78 is 7.59. The van der Waals surface area contributed by atoms with Gasteiger partial charge in [0, 0.05) is 31.0 Å². The van der Waals surface area contributed by atoms with Crippen molar-refractivity contribution in [2.24, 2.45) is 7.05 Å². The lowest BCUT2D eigenvalue weighted by atomic mass is 10.2. The Hall–Kier alpha value is -3.81. The zero-order chi connectivity index (χ0) is 21.5. The summed E-state index contributed by atoms with van der Waals surface area (Å²) >= 11 is 0. The number of carbonyl (C=O) groups is 2. The average Bonchev–Trinajstić information content (AvgIpc) is 3.12. The number of hydrogen-bond donors (Lipinski definition) is 3. The number of rotatable bonds is 7. The van der Waals surface area contributed by atoms with Crippen LogP contribution in [0.15, 0.2) is 60.9 Å². The van der Waals surface area contributed by atoms with Crippen LogP contribution in [-0.2, 0) is 13.7 Å². The summed E-state index contributed by atoms with van der Waals surface area (Å²) in [5, 5.41) is 8.33. The molecule has 3 rings (SSSR count). The van der Waals surface area contributed by atoms with E-state index in [2.05, 4.69) is 20.9 Å². The lowest BCUT2D eigenvalue weighted by Gasteiger charge is -2.14. The normalized spacial score (nSPS) is 10.5. The van der Waals surface area contributed by atoms with Crippen molar-refractivity contribution in [2.45, 2.75) is 26.5 Å². The quantitative estimate of drug-likeness (QED) is 0.555. The molecule has 30 heavy (non-hydrogen) atoms. The molecule has 2 aromatic carbocycles. The van der Waals surface area contributed by atoms with Crippen LogP contribution in [-0.4, -0.2) is 27.5 Å². The highest BCUT2D eigenvalue weighted by molar-refractivity contribution is 6.07. The Bertz CT molecular complexity index is 1010. The molecule has 3 aromatic rings. The van der Waals surface area contributed by atoms with E-state index in [0.717, 1.165) is 5.82 Å². The van der Waals surface area contributed by atoms with Gasteiger partial charge in [0.2, 0.25) is 0 Å². The number of hydrogen-bond acceptors (Lipinski definition) is 4. The van der Waals surface area contributed by atoms with Gasteiger partial charge in [-0.05, 0) is 50.2 Å². The fraction of sp³-hybridized carbons (Fsp3) is 0.227. The SMILES string of the molecule is CC(C)NC(=O)Nc1ccccc1NC(=O)c1ccc(OCc2nccn2C)cc1. The molecule has 0 saturated heterocycles.